The third-order valence-electron chi connectivity index (χ3n) is 7.04. The molecule has 2 bridgehead atoms. The predicted octanol–water partition coefficient (Wildman–Crippen LogP) is 3.98. The first-order valence-corrected chi connectivity index (χ1v) is 12.5. The zero-order chi connectivity index (χ0) is 24.2. The third kappa shape index (κ3) is 5.34. The fourth-order valence-corrected chi connectivity index (χ4v) is 5.18. The SMILES string of the molecule is CCCCc1ccc(NC(=O)[C@@H](NC(=O)N2C[C@@H]3C[C@@H](C2)c2cccc(=O)n2C3)C(C)C)cc1. The van der Waals surface area contributed by atoms with E-state index in [9.17, 15) is 14.4 Å². The van der Waals surface area contributed by atoms with Gasteiger partial charge in [-0.15, -0.1) is 0 Å². The molecule has 0 radical (unpaired) electrons. The van der Waals surface area contributed by atoms with Gasteiger partial charge >= 0.3 is 6.03 Å². The molecule has 2 aliphatic rings. The Morgan fingerprint density at radius 2 is 1.82 bits per heavy atom. The number of piperidine rings is 1. The van der Waals surface area contributed by atoms with Gasteiger partial charge in [-0.3, -0.25) is 9.59 Å². The molecule has 2 aliphatic heterocycles. The molecule has 0 unspecified atom stereocenters. The number of anilines is 1. The maximum Gasteiger partial charge on any atom is 0.318 e. The number of carbonyl (C=O) groups excluding carboxylic acids is 2. The van der Waals surface area contributed by atoms with Crippen LogP contribution in [-0.4, -0.2) is 40.5 Å². The molecule has 7 heteroatoms. The van der Waals surface area contributed by atoms with Crippen LogP contribution in [0, 0.1) is 11.8 Å². The molecular weight excluding hydrogens is 428 g/mol. The van der Waals surface area contributed by atoms with E-state index in [1.165, 1.54) is 5.56 Å². The Bertz CT molecular complexity index is 1080. The number of hydrogen-bond donors (Lipinski definition) is 2. The first-order valence-electron chi connectivity index (χ1n) is 12.5. The molecule has 34 heavy (non-hydrogen) atoms. The highest BCUT2D eigenvalue weighted by Gasteiger charge is 2.37. The van der Waals surface area contributed by atoms with Crippen molar-refractivity contribution in [3.63, 3.8) is 0 Å². The second kappa shape index (κ2) is 10.5. The highest BCUT2D eigenvalue weighted by atomic mass is 16.2. The fraction of sp³-hybridized carbons (Fsp3) is 0.519. The fourth-order valence-electron chi connectivity index (χ4n) is 5.18. The van der Waals surface area contributed by atoms with Gasteiger partial charge in [0, 0.05) is 43.0 Å². The van der Waals surface area contributed by atoms with Crippen LogP contribution in [0.2, 0.25) is 0 Å². The molecule has 0 spiro atoms. The summed E-state index contributed by atoms with van der Waals surface area (Å²) in [5, 5.41) is 5.94. The smallest absolute Gasteiger partial charge is 0.318 e. The molecule has 1 aromatic heterocycles. The molecule has 3 amide bonds. The number of aromatic nitrogens is 1. The quantitative estimate of drug-likeness (QED) is 0.650. The molecule has 0 saturated carbocycles. The summed E-state index contributed by atoms with van der Waals surface area (Å²) in [5.41, 5.74) is 3.02. The lowest BCUT2D eigenvalue weighted by Gasteiger charge is -2.43. The van der Waals surface area contributed by atoms with E-state index in [-0.39, 0.29) is 35.3 Å². The Hall–Kier alpha value is -3.09. The largest absolute Gasteiger partial charge is 0.326 e. The molecule has 1 saturated heterocycles. The van der Waals surface area contributed by atoms with E-state index >= 15 is 0 Å². The molecule has 7 nitrogen and oxygen atoms in total. The monoisotopic (exact) mass is 464 g/mol. The Morgan fingerprint density at radius 3 is 2.53 bits per heavy atom. The predicted molar refractivity (Wildman–Crippen MR) is 134 cm³/mol. The van der Waals surface area contributed by atoms with Crippen molar-refractivity contribution in [2.45, 2.75) is 65.0 Å². The van der Waals surface area contributed by atoms with Gasteiger partial charge in [-0.2, -0.15) is 0 Å². The number of nitrogens with one attached hydrogen (secondary N) is 2. The summed E-state index contributed by atoms with van der Waals surface area (Å²) in [6.07, 6.45) is 4.31. The van der Waals surface area contributed by atoms with Crippen molar-refractivity contribution in [1.29, 1.82) is 0 Å². The number of urea groups is 1. The Labute approximate surface area is 201 Å². The summed E-state index contributed by atoms with van der Waals surface area (Å²) in [7, 11) is 0. The van der Waals surface area contributed by atoms with Crippen molar-refractivity contribution in [2.75, 3.05) is 18.4 Å². The molecule has 3 heterocycles. The highest BCUT2D eigenvalue weighted by Crippen LogP contribution is 2.35. The first-order chi connectivity index (χ1) is 16.4. The number of unbranched alkanes of at least 4 members (excludes halogenated alkanes) is 1. The van der Waals surface area contributed by atoms with Crippen LogP contribution in [0.1, 0.15) is 57.2 Å². The van der Waals surface area contributed by atoms with Crippen LogP contribution >= 0.6 is 0 Å². The van der Waals surface area contributed by atoms with Crippen molar-refractivity contribution < 1.29 is 9.59 Å². The second-order valence-electron chi connectivity index (χ2n) is 10.1. The molecule has 1 aromatic carbocycles. The van der Waals surface area contributed by atoms with E-state index < -0.39 is 6.04 Å². The van der Waals surface area contributed by atoms with Gasteiger partial charge in [0.1, 0.15) is 6.04 Å². The highest BCUT2D eigenvalue weighted by molar-refractivity contribution is 5.97. The van der Waals surface area contributed by atoms with Crippen LogP contribution in [-0.2, 0) is 17.8 Å². The van der Waals surface area contributed by atoms with Gasteiger partial charge in [0.05, 0.1) is 0 Å². The lowest BCUT2D eigenvalue weighted by atomic mass is 9.83. The Balaban J connectivity index is 1.39. The van der Waals surface area contributed by atoms with Crippen LogP contribution in [0.15, 0.2) is 47.3 Å². The molecule has 182 valence electrons. The number of aryl methyl sites for hydroxylation is 1. The average Bonchev–Trinajstić information content (AvgIpc) is 2.82. The summed E-state index contributed by atoms with van der Waals surface area (Å²) in [6.45, 7) is 7.83. The van der Waals surface area contributed by atoms with Crippen molar-refractivity contribution in [1.82, 2.24) is 14.8 Å². The van der Waals surface area contributed by atoms with Crippen molar-refractivity contribution in [3.05, 3.63) is 64.1 Å². The van der Waals surface area contributed by atoms with E-state index in [1.54, 1.807) is 12.1 Å². The average molecular weight is 465 g/mol. The van der Waals surface area contributed by atoms with Gasteiger partial charge in [-0.25, -0.2) is 4.79 Å². The number of rotatable bonds is 7. The molecule has 1 fully saturated rings. The number of nitrogens with zero attached hydrogens (tertiary/aromatic N) is 2. The number of carbonyl (C=O) groups is 2. The molecule has 3 atom stereocenters. The summed E-state index contributed by atoms with van der Waals surface area (Å²) >= 11 is 0. The lowest BCUT2D eigenvalue weighted by Crippen LogP contribution is -2.56. The number of benzene rings is 1. The maximum atomic E-state index is 13.2. The third-order valence-corrected chi connectivity index (χ3v) is 7.04. The summed E-state index contributed by atoms with van der Waals surface area (Å²) in [6, 6.07) is 12.5. The van der Waals surface area contributed by atoms with Crippen LogP contribution < -0.4 is 16.2 Å². The van der Waals surface area contributed by atoms with Gasteiger partial charge in [0.2, 0.25) is 5.91 Å². The van der Waals surface area contributed by atoms with Crippen molar-refractivity contribution >= 4 is 17.6 Å². The van der Waals surface area contributed by atoms with Crippen LogP contribution in [0.25, 0.3) is 0 Å². The van der Waals surface area contributed by atoms with E-state index in [4.69, 9.17) is 0 Å². The molecule has 2 N–H and O–H groups in total. The Kier molecular flexibility index (Phi) is 7.39. The number of likely N-dealkylation sites (tertiary alicyclic amines) is 1. The van der Waals surface area contributed by atoms with Gasteiger partial charge in [0.15, 0.2) is 0 Å². The van der Waals surface area contributed by atoms with Gasteiger partial charge in [-0.1, -0.05) is 45.4 Å². The van der Waals surface area contributed by atoms with Gasteiger partial charge in [0.25, 0.3) is 5.56 Å². The zero-order valence-corrected chi connectivity index (χ0v) is 20.4. The second-order valence-corrected chi connectivity index (χ2v) is 10.1. The zero-order valence-electron chi connectivity index (χ0n) is 20.4. The van der Waals surface area contributed by atoms with Crippen molar-refractivity contribution in [2.24, 2.45) is 11.8 Å². The minimum absolute atomic E-state index is 0.0278. The normalized spacial score (nSPS) is 19.9. The molecular formula is C27H36N4O3. The summed E-state index contributed by atoms with van der Waals surface area (Å²) in [4.78, 5) is 40.3. The molecule has 2 aromatic rings. The molecule has 4 rings (SSSR count). The van der Waals surface area contributed by atoms with E-state index in [0.29, 0.717) is 19.6 Å². The van der Waals surface area contributed by atoms with E-state index in [1.807, 2.05) is 53.6 Å². The van der Waals surface area contributed by atoms with E-state index in [2.05, 4.69) is 17.6 Å². The van der Waals surface area contributed by atoms with Gasteiger partial charge in [-0.05, 0) is 54.9 Å². The van der Waals surface area contributed by atoms with Crippen molar-refractivity contribution in [3.8, 4) is 0 Å². The number of fused-ring (bicyclic) bond motifs is 4. The summed E-state index contributed by atoms with van der Waals surface area (Å²) in [5.74, 6) is 0.120. The number of hydrogen-bond acceptors (Lipinski definition) is 3. The lowest BCUT2D eigenvalue weighted by molar-refractivity contribution is -0.118. The number of pyridine rings is 1. The standard InChI is InChI=1S/C27H36N4O3/c1-4-5-7-19-10-12-22(13-11-19)28-26(33)25(18(2)3)29-27(34)30-15-20-14-21(17-30)23-8-6-9-24(32)31(23)16-20/h6,8-13,18,20-21,25H,4-5,7,14-17H2,1-3H3,(H,28,33)(H,29,34)/t20-,21-,25-/m0/s1. The minimum atomic E-state index is -0.635. The number of amides is 3. The maximum absolute atomic E-state index is 13.2. The topological polar surface area (TPSA) is 83.4 Å². The molecule has 0 aliphatic carbocycles. The first kappa shape index (κ1) is 24.0. The summed E-state index contributed by atoms with van der Waals surface area (Å²) < 4.78 is 1.85. The minimum Gasteiger partial charge on any atom is -0.326 e. The van der Waals surface area contributed by atoms with Gasteiger partial charge < -0.3 is 20.1 Å². The van der Waals surface area contributed by atoms with Crippen LogP contribution in [0.3, 0.4) is 0 Å². The Morgan fingerprint density at radius 1 is 1.06 bits per heavy atom. The van der Waals surface area contributed by atoms with Crippen LogP contribution in [0.4, 0.5) is 10.5 Å². The van der Waals surface area contributed by atoms with Crippen LogP contribution in [0.5, 0.6) is 0 Å². The van der Waals surface area contributed by atoms with E-state index in [0.717, 1.165) is 37.1 Å².